The van der Waals surface area contributed by atoms with E-state index < -0.39 is 5.92 Å². The van der Waals surface area contributed by atoms with Gasteiger partial charge < -0.3 is 5.32 Å². The maximum Gasteiger partial charge on any atom is 0.228 e. The number of aromatic nitrogens is 1. The van der Waals surface area contributed by atoms with Gasteiger partial charge in [-0.25, -0.2) is 8.78 Å². The molecule has 0 bridgehead atoms. The zero-order valence-corrected chi connectivity index (χ0v) is 14.0. The van der Waals surface area contributed by atoms with Crippen LogP contribution in [0, 0.1) is 11.6 Å². The van der Waals surface area contributed by atoms with Gasteiger partial charge >= 0.3 is 0 Å². The Hall–Kier alpha value is -3.08. The van der Waals surface area contributed by atoms with Crippen LogP contribution in [0.2, 0.25) is 0 Å². The summed E-state index contributed by atoms with van der Waals surface area (Å²) in [6, 6.07) is 15.6. The van der Waals surface area contributed by atoms with Gasteiger partial charge in [-0.05, 0) is 53.4 Å². The van der Waals surface area contributed by atoms with Crippen LogP contribution in [0.5, 0.6) is 0 Å². The molecule has 0 saturated heterocycles. The van der Waals surface area contributed by atoms with Crippen molar-refractivity contribution in [3.05, 3.63) is 101 Å². The van der Waals surface area contributed by atoms with E-state index in [9.17, 15) is 13.6 Å². The maximum absolute atomic E-state index is 13.2. The lowest BCUT2D eigenvalue weighted by Crippen LogP contribution is -2.30. The van der Waals surface area contributed by atoms with E-state index in [2.05, 4.69) is 10.3 Å². The Kier molecular flexibility index (Phi) is 5.69. The first-order valence-corrected chi connectivity index (χ1v) is 8.28. The van der Waals surface area contributed by atoms with Crippen molar-refractivity contribution >= 4 is 5.91 Å². The number of carbonyl (C=O) groups excluding carboxylic acids is 1. The van der Waals surface area contributed by atoms with E-state index in [4.69, 9.17) is 0 Å². The number of halogens is 2. The van der Waals surface area contributed by atoms with Gasteiger partial charge in [0.2, 0.25) is 5.91 Å². The molecular formula is C21H18F2N2O. The molecule has 0 aliphatic carbocycles. The standard InChI is InChI=1S/C21H18F2N2O/c22-18-7-3-15(4-8-18)14-25-21(26)20(12-16-2-1-11-24-13-16)17-5-9-19(23)10-6-17/h1-11,13,20H,12,14H2,(H,25,26). The molecule has 0 fully saturated rings. The lowest BCUT2D eigenvalue weighted by atomic mass is 9.91. The Bertz CT molecular complexity index is 849. The van der Waals surface area contributed by atoms with Crippen LogP contribution in [0.25, 0.3) is 0 Å². The van der Waals surface area contributed by atoms with Gasteiger partial charge in [-0.2, -0.15) is 0 Å². The molecule has 1 heterocycles. The minimum atomic E-state index is -0.472. The molecule has 132 valence electrons. The van der Waals surface area contributed by atoms with Crippen molar-refractivity contribution in [2.75, 3.05) is 0 Å². The molecule has 3 rings (SSSR count). The van der Waals surface area contributed by atoms with E-state index in [1.807, 2.05) is 12.1 Å². The number of benzene rings is 2. The normalized spacial score (nSPS) is 11.8. The number of pyridine rings is 1. The lowest BCUT2D eigenvalue weighted by molar-refractivity contribution is -0.122. The van der Waals surface area contributed by atoms with Crippen molar-refractivity contribution in [2.45, 2.75) is 18.9 Å². The third-order valence-corrected chi connectivity index (χ3v) is 4.13. The Balaban J connectivity index is 1.76. The Labute approximate surface area is 150 Å². The van der Waals surface area contributed by atoms with Gasteiger partial charge in [0.25, 0.3) is 0 Å². The molecule has 0 radical (unpaired) electrons. The minimum Gasteiger partial charge on any atom is -0.351 e. The van der Waals surface area contributed by atoms with Gasteiger partial charge in [-0.15, -0.1) is 0 Å². The van der Waals surface area contributed by atoms with Gasteiger partial charge in [-0.3, -0.25) is 9.78 Å². The first-order chi connectivity index (χ1) is 12.6. The lowest BCUT2D eigenvalue weighted by Gasteiger charge is -2.17. The minimum absolute atomic E-state index is 0.176. The molecule has 1 amide bonds. The Morgan fingerprint density at radius 2 is 1.58 bits per heavy atom. The number of amides is 1. The van der Waals surface area contributed by atoms with Gasteiger partial charge in [0.1, 0.15) is 11.6 Å². The number of carbonyl (C=O) groups is 1. The number of nitrogens with one attached hydrogen (secondary N) is 1. The molecule has 1 atom stereocenters. The van der Waals surface area contributed by atoms with Crippen molar-refractivity contribution in [1.82, 2.24) is 10.3 Å². The summed E-state index contributed by atoms with van der Waals surface area (Å²) in [5.74, 6) is -1.31. The maximum atomic E-state index is 13.2. The average Bonchev–Trinajstić information content (AvgIpc) is 2.67. The highest BCUT2D eigenvalue weighted by molar-refractivity contribution is 5.84. The zero-order chi connectivity index (χ0) is 18.4. The van der Waals surface area contributed by atoms with Gasteiger partial charge in [0.15, 0.2) is 0 Å². The van der Waals surface area contributed by atoms with E-state index in [1.54, 1.807) is 36.7 Å². The molecule has 1 unspecified atom stereocenters. The number of rotatable bonds is 6. The predicted molar refractivity (Wildman–Crippen MR) is 95.3 cm³/mol. The van der Waals surface area contributed by atoms with Crippen LogP contribution >= 0.6 is 0 Å². The third-order valence-electron chi connectivity index (χ3n) is 4.13. The summed E-state index contributed by atoms with van der Waals surface area (Å²) >= 11 is 0. The molecule has 0 saturated carbocycles. The summed E-state index contributed by atoms with van der Waals surface area (Å²) in [5.41, 5.74) is 2.45. The van der Waals surface area contributed by atoms with Crippen LogP contribution in [0.3, 0.4) is 0 Å². The van der Waals surface area contributed by atoms with Crippen molar-refractivity contribution in [2.24, 2.45) is 0 Å². The fourth-order valence-electron chi connectivity index (χ4n) is 2.73. The van der Waals surface area contributed by atoms with Crippen LogP contribution in [-0.4, -0.2) is 10.9 Å². The number of hydrogen-bond donors (Lipinski definition) is 1. The molecule has 3 nitrogen and oxygen atoms in total. The highest BCUT2D eigenvalue weighted by Crippen LogP contribution is 2.22. The highest BCUT2D eigenvalue weighted by atomic mass is 19.1. The summed E-state index contributed by atoms with van der Waals surface area (Å²) < 4.78 is 26.2. The fraction of sp³-hybridized carbons (Fsp3) is 0.143. The summed E-state index contributed by atoms with van der Waals surface area (Å²) in [7, 11) is 0. The van der Waals surface area contributed by atoms with Crippen LogP contribution < -0.4 is 5.32 Å². The summed E-state index contributed by atoms with van der Waals surface area (Å²) in [6.45, 7) is 0.295. The molecule has 2 aromatic carbocycles. The van der Waals surface area contributed by atoms with E-state index in [0.717, 1.165) is 16.7 Å². The summed E-state index contributed by atoms with van der Waals surface area (Å²) in [4.78, 5) is 16.9. The highest BCUT2D eigenvalue weighted by Gasteiger charge is 2.21. The van der Waals surface area contributed by atoms with Crippen molar-refractivity contribution in [1.29, 1.82) is 0 Å². The van der Waals surface area contributed by atoms with Crippen LogP contribution in [-0.2, 0) is 17.8 Å². The topological polar surface area (TPSA) is 42.0 Å². The quantitative estimate of drug-likeness (QED) is 0.728. The summed E-state index contributed by atoms with van der Waals surface area (Å²) in [5, 5.41) is 2.88. The molecule has 3 aromatic rings. The number of nitrogens with zero attached hydrogens (tertiary/aromatic N) is 1. The van der Waals surface area contributed by atoms with Crippen molar-refractivity contribution < 1.29 is 13.6 Å². The molecule has 26 heavy (non-hydrogen) atoms. The molecule has 0 aliphatic heterocycles. The van der Waals surface area contributed by atoms with Crippen molar-refractivity contribution in [3.63, 3.8) is 0 Å². The van der Waals surface area contributed by atoms with E-state index in [-0.39, 0.29) is 17.5 Å². The molecular weight excluding hydrogens is 334 g/mol. The average molecular weight is 352 g/mol. The van der Waals surface area contributed by atoms with Crippen molar-refractivity contribution in [3.8, 4) is 0 Å². The molecule has 1 N–H and O–H groups in total. The molecule has 5 heteroatoms. The number of hydrogen-bond acceptors (Lipinski definition) is 2. The van der Waals surface area contributed by atoms with E-state index >= 15 is 0 Å². The van der Waals surface area contributed by atoms with E-state index in [1.165, 1.54) is 24.3 Å². The third kappa shape index (κ3) is 4.72. The molecule has 1 aromatic heterocycles. The predicted octanol–water partition coefficient (Wildman–Crippen LogP) is 4.00. The van der Waals surface area contributed by atoms with Crippen LogP contribution in [0.15, 0.2) is 73.1 Å². The smallest absolute Gasteiger partial charge is 0.228 e. The van der Waals surface area contributed by atoms with Gasteiger partial charge in [-0.1, -0.05) is 30.3 Å². The largest absolute Gasteiger partial charge is 0.351 e. The second kappa shape index (κ2) is 8.34. The first-order valence-electron chi connectivity index (χ1n) is 8.28. The Morgan fingerprint density at radius 1 is 0.923 bits per heavy atom. The molecule has 0 spiro atoms. The SMILES string of the molecule is O=C(NCc1ccc(F)cc1)C(Cc1cccnc1)c1ccc(F)cc1. The van der Waals surface area contributed by atoms with Gasteiger partial charge in [0, 0.05) is 18.9 Å². The van der Waals surface area contributed by atoms with Crippen LogP contribution in [0.4, 0.5) is 8.78 Å². The second-order valence-corrected chi connectivity index (χ2v) is 6.01. The Morgan fingerprint density at radius 3 is 2.19 bits per heavy atom. The monoisotopic (exact) mass is 352 g/mol. The van der Waals surface area contributed by atoms with Gasteiger partial charge in [0.05, 0.1) is 5.92 Å². The zero-order valence-electron chi connectivity index (χ0n) is 14.0. The second-order valence-electron chi connectivity index (χ2n) is 6.01. The fourth-order valence-corrected chi connectivity index (χ4v) is 2.73. The molecule has 0 aliphatic rings. The van der Waals surface area contributed by atoms with E-state index in [0.29, 0.717) is 13.0 Å². The van der Waals surface area contributed by atoms with Crippen LogP contribution in [0.1, 0.15) is 22.6 Å². The summed E-state index contributed by atoms with van der Waals surface area (Å²) in [6.07, 6.45) is 3.84. The first kappa shape index (κ1) is 17.7.